The maximum absolute atomic E-state index is 12.2. The molecule has 0 radical (unpaired) electrons. The summed E-state index contributed by atoms with van der Waals surface area (Å²) in [4.78, 5) is 23.3. The molecule has 158 valence electrons. The number of benzene rings is 2. The molecule has 4 aromatic rings. The number of fused-ring (bicyclic) bond motifs is 1. The number of carbonyl (C=O) groups is 1. The van der Waals surface area contributed by atoms with Crippen LogP contribution in [-0.4, -0.2) is 29.0 Å². The van der Waals surface area contributed by atoms with E-state index in [-0.39, 0.29) is 5.91 Å². The fourth-order valence-corrected chi connectivity index (χ4v) is 4.63. The number of anilines is 1. The average Bonchev–Trinajstić information content (AvgIpc) is 3.12. The van der Waals surface area contributed by atoms with Crippen molar-refractivity contribution in [2.24, 2.45) is 0 Å². The van der Waals surface area contributed by atoms with Gasteiger partial charge >= 0.3 is 0 Å². The van der Waals surface area contributed by atoms with Gasteiger partial charge in [-0.15, -0.1) is 11.3 Å². The van der Waals surface area contributed by atoms with Crippen LogP contribution in [-0.2, 0) is 11.2 Å². The lowest BCUT2D eigenvalue weighted by molar-refractivity contribution is -0.120. The van der Waals surface area contributed by atoms with E-state index in [1.54, 1.807) is 17.7 Å². The van der Waals surface area contributed by atoms with E-state index in [2.05, 4.69) is 70.8 Å². The van der Waals surface area contributed by atoms with Gasteiger partial charge in [0.2, 0.25) is 5.91 Å². The van der Waals surface area contributed by atoms with E-state index in [0.29, 0.717) is 19.5 Å². The summed E-state index contributed by atoms with van der Waals surface area (Å²) in [6.45, 7) is 5.36. The van der Waals surface area contributed by atoms with Gasteiger partial charge in [-0.2, -0.15) is 0 Å². The highest BCUT2D eigenvalue weighted by Crippen LogP contribution is 2.40. The van der Waals surface area contributed by atoms with Crippen LogP contribution < -0.4 is 10.6 Å². The first-order chi connectivity index (χ1) is 15.1. The van der Waals surface area contributed by atoms with Gasteiger partial charge in [0.1, 0.15) is 17.0 Å². The second-order valence-electron chi connectivity index (χ2n) is 7.56. The van der Waals surface area contributed by atoms with E-state index in [1.807, 2.05) is 18.2 Å². The molecule has 0 atom stereocenters. The number of nitrogens with zero attached hydrogens (tertiary/aromatic N) is 2. The first-order valence-electron chi connectivity index (χ1n) is 10.5. The molecule has 2 N–H and O–H groups in total. The van der Waals surface area contributed by atoms with E-state index < -0.39 is 0 Å². The Kier molecular flexibility index (Phi) is 6.57. The number of thiophene rings is 1. The lowest BCUT2D eigenvalue weighted by Gasteiger charge is -2.10. The molecule has 5 nitrogen and oxygen atoms in total. The van der Waals surface area contributed by atoms with Gasteiger partial charge < -0.3 is 10.6 Å². The highest BCUT2D eigenvalue weighted by Gasteiger charge is 2.16. The summed E-state index contributed by atoms with van der Waals surface area (Å²) >= 11 is 1.67. The number of hydrogen-bond acceptors (Lipinski definition) is 5. The largest absolute Gasteiger partial charge is 0.369 e. The highest BCUT2D eigenvalue weighted by atomic mass is 32.1. The first-order valence-corrected chi connectivity index (χ1v) is 11.3. The number of aryl methyl sites for hydroxylation is 2. The minimum atomic E-state index is 0.0361. The van der Waals surface area contributed by atoms with Gasteiger partial charge in [-0.3, -0.25) is 4.79 Å². The molecule has 4 rings (SSSR count). The van der Waals surface area contributed by atoms with Crippen molar-refractivity contribution in [2.45, 2.75) is 26.7 Å². The predicted octanol–water partition coefficient (Wildman–Crippen LogP) is 5.14. The molecular formula is C25H26N4OS. The summed E-state index contributed by atoms with van der Waals surface area (Å²) in [5, 5.41) is 7.37. The SMILES string of the molecule is Cc1ccc(-c2c(C)sc3ncnc(NCCC(=O)NCCc4ccccc4)c23)cc1. The normalized spacial score (nSPS) is 10.9. The third kappa shape index (κ3) is 5.09. The summed E-state index contributed by atoms with van der Waals surface area (Å²) < 4.78 is 0. The van der Waals surface area contributed by atoms with Gasteiger partial charge in [0.05, 0.1) is 5.39 Å². The maximum Gasteiger partial charge on any atom is 0.221 e. The molecule has 0 bridgehead atoms. The van der Waals surface area contributed by atoms with Crippen molar-refractivity contribution in [3.8, 4) is 11.1 Å². The Balaban J connectivity index is 1.40. The molecule has 2 aromatic heterocycles. The average molecular weight is 431 g/mol. The Morgan fingerprint density at radius 1 is 0.968 bits per heavy atom. The minimum Gasteiger partial charge on any atom is -0.369 e. The zero-order chi connectivity index (χ0) is 21.6. The lowest BCUT2D eigenvalue weighted by Crippen LogP contribution is -2.27. The topological polar surface area (TPSA) is 66.9 Å². The molecule has 0 aliphatic carbocycles. The van der Waals surface area contributed by atoms with Crippen LogP contribution in [0.2, 0.25) is 0 Å². The Morgan fingerprint density at radius 3 is 2.52 bits per heavy atom. The van der Waals surface area contributed by atoms with E-state index in [0.717, 1.165) is 33.6 Å². The van der Waals surface area contributed by atoms with Crippen molar-refractivity contribution in [3.05, 3.63) is 76.9 Å². The van der Waals surface area contributed by atoms with Crippen molar-refractivity contribution in [3.63, 3.8) is 0 Å². The van der Waals surface area contributed by atoms with Crippen molar-refractivity contribution < 1.29 is 4.79 Å². The summed E-state index contributed by atoms with van der Waals surface area (Å²) in [5.74, 6) is 0.816. The van der Waals surface area contributed by atoms with Gasteiger partial charge in [0, 0.05) is 30.0 Å². The molecule has 2 heterocycles. The molecule has 2 aromatic carbocycles. The molecule has 31 heavy (non-hydrogen) atoms. The van der Waals surface area contributed by atoms with Crippen LogP contribution in [0.25, 0.3) is 21.3 Å². The number of aromatic nitrogens is 2. The molecule has 0 spiro atoms. The van der Waals surface area contributed by atoms with Crippen LogP contribution in [0.4, 0.5) is 5.82 Å². The van der Waals surface area contributed by atoms with Gasteiger partial charge in [-0.05, 0) is 31.4 Å². The van der Waals surface area contributed by atoms with E-state index >= 15 is 0 Å². The molecule has 0 aliphatic heterocycles. The molecule has 0 fully saturated rings. The van der Waals surface area contributed by atoms with Crippen LogP contribution in [0, 0.1) is 13.8 Å². The van der Waals surface area contributed by atoms with E-state index in [4.69, 9.17) is 0 Å². The smallest absolute Gasteiger partial charge is 0.221 e. The third-order valence-electron chi connectivity index (χ3n) is 5.23. The molecule has 0 saturated heterocycles. The Bertz CT molecular complexity index is 1170. The van der Waals surface area contributed by atoms with E-state index in [1.165, 1.54) is 16.0 Å². The zero-order valence-electron chi connectivity index (χ0n) is 17.8. The second-order valence-corrected chi connectivity index (χ2v) is 8.77. The first kappa shape index (κ1) is 21.0. The standard InChI is InChI=1S/C25H26N4OS/c1-17-8-10-20(11-9-17)22-18(2)31-25-23(22)24(28-16-29-25)27-15-13-21(30)26-14-12-19-6-4-3-5-7-19/h3-11,16H,12-15H2,1-2H3,(H,26,30)(H,27,28,29). The van der Waals surface area contributed by atoms with Crippen LogP contribution >= 0.6 is 11.3 Å². The number of carbonyl (C=O) groups excluding carboxylic acids is 1. The monoisotopic (exact) mass is 430 g/mol. The van der Waals surface area contributed by atoms with E-state index in [9.17, 15) is 4.79 Å². The second kappa shape index (κ2) is 9.71. The van der Waals surface area contributed by atoms with Crippen molar-refractivity contribution in [2.75, 3.05) is 18.4 Å². The number of amides is 1. The minimum absolute atomic E-state index is 0.0361. The fourth-order valence-electron chi connectivity index (χ4n) is 3.62. The number of rotatable bonds is 8. The highest BCUT2D eigenvalue weighted by molar-refractivity contribution is 7.19. The number of nitrogens with one attached hydrogen (secondary N) is 2. The molecule has 1 amide bonds. The van der Waals surface area contributed by atoms with Crippen LogP contribution in [0.5, 0.6) is 0 Å². The fraction of sp³-hybridized carbons (Fsp3) is 0.240. The van der Waals surface area contributed by atoms with Gasteiger partial charge in [0.15, 0.2) is 0 Å². The summed E-state index contributed by atoms with van der Waals surface area (Å²) in [6.07, 6.45) is 2.81. The summed E-state index contributed by atoms with van der Waals surface area (Å²) in [7, 11) is 0. The Labute approximate surface area is 186 Å². The van der Waals surface area contributed by atoms with Crippen molar-refractivity contribution >= 4 is 33.3 Å². The van der Waals surface area contributed by atoms with Gasteiger partial charge in [-0.25, -0.2) is 9.97 Å². The zero-order valence-corrected chi connectivity index (χ0v) is 18.6. The van der Waals surface area contributed by atoms with Crippen molar-refractivity contribution in [1.82, 2.24) is 15.3 Å². The molecule has 0 aliphatic rings. The summed E-state index contributed by atoms with van der Waals surface area (Å²) in [5.41, 5.74) is 4.77. The van der Waals surface area contributed by atoms with Gasteiger partial charge in [0.25, 0.3) is 0 Å². The summed E-state index contributed by atoms with van der Waals surface area (Å²) in [6, 6.07) is 18.7. The molecule has 6 heteroatoms. The lowest BCUT2D eigenvalue weighted by atomic mass is 10.0. The predicted molar refractivity (Wildman–Crippen MR) is 129 cm³/mol. The maximum atomic E-state index is 12.2. The van der Waals surface area contributed by atoms with Crippen LogP contribution in [0.15, 0.2) is 60.9 Å². The Hall–Kier alpha value is -3.25. The third-order valence-corrected chi connectivity index (χ3v) is 6.24. The van der Waals surface area contributed by atoms with Gasteiger partial charge in [-0.1, -0.05) is 60.2 Å². The molecule has 0 saturated carbocycles. The molecular weight excluding hydrogens is 404 g/mol. The van der Waals surface area contributed by atoms with Crippen LogP contribution in [0.1, 0.15) is 22.4 Å². The quantitative estimate of drug-likeness (QED) is 0.406. The molecule has 0 unspecified atom stereocenters. The Morgan fingerprint density at radius 2 is 1.74 bits per heavy atom. The van der Waals surface area contributed by atoms with Crippen LogP contribution in [0.3, 0.4) is 0 Å². The number of hydrogen-bond donors (Lipinski definition) is 2. The van der Waals surface area contributed by atoms with Crippen molar-refractivity contribution in [1.29, 1.82) is 0 Å².